The van der Waals surface area contributed by atoms with Gasteiger partial charge in [0.25, 0.3) is 0 Å². The Hall–Kier alpha value is -1.55. The van der Waals surface area contributed by atoms with Gasteiger partial charge in [0.1, 0.15) is 0 Å². The fourth-order valence-electron chi connectivity index (χ4n) is 2.34. The number of nitrogens with one attached hydrogen (secondary N) is 1. The van der Waals surface area contributed by atoms with Gasteiger partial charge in [0, 0.05) is 14.1 Å². The molecule has 0 aliphatic heterocycles. The number of hydrogen-bond donors (Lipinski definition) is 1. The first-order valence-electron chi connectivity index (χ1n) is 6.44. The van der Waals surface area contributed by atoms with Gasteiger partial charge in [-0.3, -0.25) is 9.13 Å². The molecule has 0 fully saturated rings. The highest BCUT2D eigenvalue weighted by Crippen LogP contribution is 2.15. The van der Waals surface area contributed by atoms with E-state index in [9.17, 15) is 4.79 Å². The van der Waals surface area contributed by atoms with E-state index in [2.05, 4.69) is 17.4 Å². The molecule has 4 heteroatoms. The van der Waals surface area contributed by atoms with Crippen molar-refractivity contribution in [1.29, 1.82) is 0 Å². The van der Waals surface area contributed by atoms with E-state index in [0.29, 0.717) is 0 Å². The number of aryl methyl sites for hydroxylation is 3. The highest BCUT2D eigenvalue weighted by atomic mass is 16.1. The smallest absolute Gasteiger partial charge is 0.320 e. The third-order valence-corrected chi connectivity index (χ3v) is 3.48. The molecule has 0 amide bonds. The summed E-state index contributed by atoms with van der Waals surface area (Å²) in [5.74, 6) is 0. The summed E-state index contributed by atoms with van der Waals surface area (Å²) in [5.41, 5.74) is 3.37. The minimum absolute atomic E-state index is 0.0392. The van der Waals surface area contributed by atoms with Crippen molar-refractivity contribution in [1.82, 2.24) is 14.5 Å². The van der Waals surface area contributed by atoms with Gasteiger partial charge in [-0.25, -0.2) is 4.79 Å². The van der Waals surface area contributed by atoms with Crippen molar-refractivity contribution in [3.8, 4) is 0 Å². The predicted molar refractivity (Wildman–Crippen MR) is 75.0 cm³/mol. The molecule has 0 spiro atoms. The zero-order valence-electron chi connectivity index (χ0n) is 11.4. The van der Waals surface area contributed by atoms with Crippen molar-refractivity contribution in [3.63, 3.8) is 0 Å². The monoisotopic (exact) mass is 247 g/mol. The van der Waals surface area contributed by atoms with E-state index < -0.39 is 0 Å². The van der Waals surface area contributed by atoms with Gasteiger partial charge in [-0.05, 0) is 50.6 Å². The van der Waals surface area contributed by atoms with Crippen molar-refractivity contribution >= 4 is 11.0 Å². The molecule has 0 bridgehead atoms. The van der Waals surface area contributed by atoms with E-state index in [1.54, 1.807) is 9.13 Å². The first kappa shape index (κ1) is 12.9. The predicted octanol–water partition coefficient (Wildman–Crippen LogP) is 1.42. The van der Waals surface area contributed by atoms with E-state index >= 15 is 0 Å². The molecule has 0 aliphatic carbocycles. The summed E-state index contributed by atoms with van der Waals surface area (Å²) in [4.78, 5) is 11.8. The van der Waals surface area contributed by atoms with Crippen molar-refractivity contribution < 1.29 is 0 Å². The van der Waals surface area contributed by atoms with Crippen molar-refractivity contribution in [2.75, 3.05) is 13.6 Å². The highest BCUT2D eigenvalue weighted by molar-refractivity contribution is 5.76. The molecule has 1 aromatic heterocycles. The maximum absolute atomic E-state index is 11.8. The van der Waals surface area contributed by atoms with Crippen LogP contribution in [0, 0.1) is 0 Å². The molecule has 18 heavy (non-hydrogen) atoms. The number of unbranched alkanes of at least 4 members (excludes halogenated alkanes) is 1. The number of imidazole rings is 1. The van der Waals surface area contributed by atoms with Crippen LogP contribution in [0.5, 0.6) is 0 Å². The van der Waals surface area contributed by atoms with Gasteiger partial charge < -0.3 is 5.32 Å². The van der Waals surface area contributed by atoms with Crippen LogP contribution in [0.15, 0.2) is 23.0 Å². The van der Waals surface area contributed by atoms with E-state index in [0.717, 1.165) is 24.0 Å². The second-order valence-electron chi connectivity index (χ2n) is 4.78. The van der Waals surface area contributed by atoms with Crippen LogP contribution in [0.3, 0.4) is 0 Å². The quantitative estimate of drug-likeness (QED) is 0.812. The van der Waals surface area contributed by atoms with Crippen LogP contribution in [0.4, 0.5) is 0 Å². The molecule has 0 aliphatic rings. The largest absolute Gasteiger partial charge is 0.328 e. The summed E-state index contributed by atoms with van der Waals surface area (Å²) < 4.78 is 3.41. The Bertz CT molecular complexity index is 595. The summed E-state index contributed by atoms with van der Waals surface area (Å²) in [6, 6.07) is 6.31. The van der Waals surface area contributed by atoms with Crippen LogP contribution < -0.4 is 11.0 Å². The maximum atomic E-state index is 11.8. The molecule has 0 atom stereocenters. The lowest BCUT2D eigenvalue weighted by Crippen LogP contribution is -2.19. The Morgan fingerprint density at radius 1 is 1.11 bits per heavy atom. The third kappa shape index (κ3) is 2.34. The van der Waals surface area contributed by atoms with E-state index in [1.165, 1.54) is 18.4 Å². The standard InChI is InChI=1S/C14H21N3O/c1-15-9-5-4-6-11-7-8-12-13(10-11)17(3)14(18)16(12)2/h7-8,10,15H,4-6,9H2,1-3H3. The van der Waals surface area contributed by atoms with Crippen LogP contribution in [-0.2, 0) is 20.5 Å². The van der Waals surface area contributed by atoms with Gasteiger partial charge in [0.05, 0.1) is 11.0 Å². The summed E-state index contributed by atoms with van der Waals surface area (Å²) >= 11 is 0. The lowest BCUT2D eigenvalue weighted by molar-refractivity contribution is 0.677. The average Bonchev–Trinajstić information content (AvgIpc) is 2.60. The van der Waals surface area contributed by atoms with Crippen molar-refractivity contribution in [3.05, 3.63) is 34.2 Å². The number of benzene rings is 1. The Morgan fingerprint density at radius 3 is 2.56 bits per heavy atom. The normalized spacial score (nSPS) is 11.3. The molecule has 0 saturated heterocycles. The number of rotatable bonds is 5. The Kier molecular flexibility index (Phi) is 3.87. The zero-order chi connectivity index (χ0) is 13.1. The van der Waals surface area contributed by atoms with Gasteiger partial charge in [-0.1, -0.05) is 6.07 Å². The molecule has 0 saturated carbocycles. The van der Waals surface area contributed by atoms with Gasteiger partial charge in [-0.2, -0.15) is 0 Å². The molecule has 0 radical (unpaired) electrons. The Morgan fingerprint density at radius 2 is 1.83 bits per heavy atom. The van der Waals surface area contributed by atoms with Crippen LogP contribution >= 0.6 is 0 Å². The molecule has 4 nitrogen and oxygen atoms in total. The molecule has 2 rings (SSSR count). The van der Waals surface area contributed by atoms with Gasteiger partial charge in [0.15, 0.2) is 0 Å². The zero-order valence-corrected chi connectivity index (χ0v) is 11.4. The first-order chi connectivity index (χ1) is 8.65. The highest BCUT2D eigenvalue weighted by Gasteiger charge is 2.07. The summed E-state index contributed by atoms with van der Waals surface area (Å²) in [5, 5.41) is 3.15. The van der Waals surface area contributed by atoms with Crippen LogP contribution in [0.2, 0.25) is 0 Å². The molecule has 98 valence electrons. The van der Waals surface area contributed by atoms with E-state index in [-0.39, 0.29) is 5.69 Å². The lowest BCUT2D eigenvalue weighted by Gasteiger charge is -2.03. The molecule has 1 N–H and O–H groups in total. The second-order valence-corrected chi connectivity index (χ2v) is 4.78. The number of aromatic nitrogens is 2. The van der Waals surface area contributed by atoms with Crippen molar-refractivity contribution in [2.24, 2.45) is 14.1 Å². The minimum Gasteiger partial charge on any atom is -0.320 e. The molecule has 1 aromatic carbocycles. The first-order valence-corrected chi connectivity index (χ1v) is 6.44. The number of fused-ring (bicyclic) bond motifs is 1. The SMILES string of the molecule is CNCCCCc1ccc2c(c1)n(C)c(=O)n2C. The molecular formula is C14H21N3O. The summed E-state index contributed by atoms with van der Waals surface area (Å²) in [7, 11) is 5.62. The fraction of sp³-hybridized carbons (Fsp3) is 0.500. The summed E-state index contributed by atoms with van der Waals surface area (Å²) in [6.07, 6.45) is 3.43. The Balaban J connectivity index is 2.22. The number of hydrogen-bond acceptors (Lipinski definition) is 2. The van der Waals surface area contributed by atoms with Crippen molar-refractivity contribution in [2.45, 2.75) is 19.3 Å². The lowest BCUT2D eigenvalue weighted by atomic mass is 10.1. The average molecular weight is 247 g/mol. The summed E-state index contributed by atoms with van der Waals surface area (Å²) in [6.45, 7) is 1.06. The molecule has 1 heterocycles. The van der Waals surface area contributed by atoms with Crippen LogP contribution in [-0.4, -0.2) is 22.7 Å². The topological polar surface area (TPSA) is 39.0 Å². The number of nitrogens with zero attached hydrogens (tertiary/aromatic N) is 2. The fourth-order valence-corrected chi connectivity index (χ4v) is 2.34. The minimum atomic E-state index is 0.0392. The molecule has 2 aromatic rings. The molecule has 0 unspecified atom stereocenters. The van der Waals surface area contributed by atoms with E-state index in [1.807, 2.05) is 27.2 Å². The maximum Gasteiger partial charge on any atom is 0.328 e. The Labute approximate surface area is 107 Å². The molecular weight excluding hydrogens is 226 g/mol. The third-order valence-electron chi connectivity index (χ3n) is 3.48. The van der Waals surface area contributed by atoms with E-state index in [4.69, 9.17) is 0 Å². The van der Waals surface area contributed by atoms with Gasteiger partial charge in [-0.15, -0.1) is 0 Å². The van der Waals surface area contributed by atoms with Crippen LogP contribution in [0.1, 0.15) is 18.4 Å². The second kappa shape index (κ2) is 5.40. The van der Waals surface area contributed by atoms with Gasteiger partial charge >= 0.3 is 5.69 Å². The van der Waals surface area contributed by atoms with Gasteiger partial charge in [0.2, 0.25) is 0 Å². The van der Waals surface area contributed by atoms with Crippen LogP contribution in [0.25, 0.3) is 11.0 Å².